The number of nitrogens with one attached hydrogen (secondary N) is 2. The second-order valence-electron chi connectivity index (χ2n) is 5.80. The summed E-state index contributed by atoms with van der Waals surface area (Å²) < 4.78 is 11.0. The molecule has 134 valence electrons. The van der Waals surface area contributed by atoms with E-state index in [9.17, 15) is 9.59 Å². The fourth-order valence-electron chi connectivity index (χ4n) is 2.58. The first-order valence-electron chi connectivity index (χ1n) is 8.36. The number of imidazole rings is 1. The van der Waals surface area contributed by atoms with Crippen LogP contribution in [0.5, 0.6) is 11.5 Å². The molecule has 0 aliphatic heterocycles. The number of carbonyl (C=O) groups is 1. The van der Waals surface area contributed by atoms with Gasteiger partial charge in [0, 0.05) is 5.56 Å². The average Bonchev–Trinajstić information content (AvgIpc) is 3.03. The minimum Gasteiger partial charge on any atom is -0.493 e. The Hall–Kier alpha value is -3.28. The number of hydrogen-bond donors (Lipinski definition) is 2. The number of carbonyl (C=O) groups excluding carboxylic acids is 1. The molecule has 0 radical (unpaired) electrons. The van der Waals surface area contributed by atoms with Gasteiger partial charge in [0.25, 0.3) is 0 Å². The zero-order valence-corrected chi connectivity index (χ0v) is 14.7. The van der Waals surface area contributed by atoms with E-state index in [1.165, 1.54) is 6.08 Å². The molecule has 2 aromatic carbocycles. The average molecular weight is 352 g/mol. The Balaban J connectivity index is 1.81. The van der Waals surface area contributed by atoms with Gasteiger partial charge < -0.3 is 19.4 Å². The maximum atomic E-state index is 12.4. The topological polar surface area (TPSA) is 84.2 Å². The Kier molecular flexibility index (Phi) is 5.22. The van der Waals surface area contributed by atoms with Crippen molar-refractivity contribution >= 4 is 22.9 Å². The molecule has 6 heteroatoms. The molecule has 26 heavy (non-hydrogen) atoms. The van der Waals surface area contributed by atoms with E-state index in [1.807, 2.05) is 25.1 Å². The number of ether oxygens (including phenoxy) is 2. The van der Waals surface area contributed by atoms with Crippen molar-refractivity contribution in [3.8, 4) is 11.5 Å². The van der Waals surface area contributed by atoms with E-state index in [2.05, 4.69) is 9.97 Å². The smallest absolute Gasteiger partial charge is 0.323 e. The van der Waals surface area contributed by atoms with Gasteiger partial charge >= 0.3 is 5.69 Å². The molecular formula is C20H20N2O4. The predicted octanol–water partition coefficient (Wildman–Crippen LogP) is 3.55. The van der Waals surface area contributed by atoms with Crippen LogP contribution in [0.2, 0.25) is 0 Å². The second kappa shape index (κ2) is 7.74. The fourth-order valence-corrected chi connectivity index (χ4v) is 2.58. The van der Waals surface area contributed by atoms with Crippen LogP contribution in [0.15, 0.2) is 47.3 Å². The minimum absolute atomic E-state index is 0.152. The molecule has 0 unspecified atom stereocenters. The van der Waals surface area contributed by atoms with Gasteiger partial charge in [0.05, 0.1) is 24.8 Å². The zero-order valence-electron chi connectivity index (χ0n) is 14.7. The van der Waals surface area contributed by atoms with Gasteiger partial charge in [0.15, 0.2) is 17.3 Å². The van der Waals surface area contributed by atoms with Gasteiger partial charge in [-0.15, -0.1) is 0 Å². The summed E-state index contributed by atoms with van der Waals surface area (Å²) in [7, 11) is 1.59. The van der Waals surface area contributed by atoms with E-state index in [0.29, 0.717) is 34.7 Å². The highest BCUT2D eigenvalue weighted by atomic mass is 16.5. The maximum absolute atomic E-state index is 12.4. The van der Waals surface area contributed by atoms with Crippen molar-refractivity contribution in [3.63, 3.8) is 0 Å². The Bertz CT molecular complexity index is 1010. The van der Waals surface area contributed by atoms with E-state index in [4.69, 9.17) is 9.47 Å². The summed E-state index contributed by atoms with van der Waals surface area (Å²) in [5.74, 6) is 1.15. The first-order valence-corrected chi connectivity index (χ1v) is 8.36. The van der Waals surface area contributed by atoms with E-state index >= 15 is 0 Å². The van der Waals surface area contributed by atoms with Crippen molar-refractivity contribution in [3.05, 3.63) is 64.1 Å². The number of H-pyrrole nitrogens is 2. The molecule has 0 aliphatic carbocycles. The third kappa shape index (κ3) is 3.85. The number of benzene rings is 2. The van der Waals surface area contributed by atoms with Gasteiger partial charge in [-0.3, -0.25) is 4.79 Å². The Morgan fingerprint density at radius 1 is 1.08 bits per heavy atom. The van der Waals surface area contributed by atoms with Gasteiger partial charge in [-0.05, 0) is 48.4 Å². The van der Waals surface area contributed by atoms with Crippen LogP contribution in [-0.4, -0.2) is 29.5 Å². The van der Waals surface area contributed by atoms with E-state index in [-0.39, 0.29) is 11.5 Å². The SMILES string of the molecule is CCCOc1cc(C=CC(=O)c2ccc3[nH]c(=O)[nH]c3c2)ccc1OC. The molecule has 0 aliphatic rings. The molecule has 0 atom stereocenters. The molecule has 0 fully saturated rings. The number of ketones is 1. The van der Waals surface area contributed by atoms with E-state index in [0.717, 1.165) is 12.0 Å². The molecule has 0 saturated heterocycles. The lowest BCUT2D eigenvalue weighted by Crippen LogP contribution is -1.99. The molecule has 0 saturated carbocycles. The van der Waals surface area contributed by atoms with Crippen LogP contribution in [0.25, 0.3) is 17.1 Å². The van der Waals surface area contributed by atoms with Crippen molar-refractivity contribution in [2.24, 2.45) is 0 Å². The van der Waals surface area contributed by atoms with Gasteiger partial charge in [0.2, 0.25) is 0 Å². The first kappa shape index (κ1) is 17.5. The quantitative estimate of drug-likeness (QED) is 0.503. The monoisotopic (exact) mass is 352 g/mol. The molecule has 2 N–H and O–H groups in total. The maximum Gasteiger partial charge on any atom is 0.323 e. The number of rotatable bonds is 7. The Morgan fingerprint density at radius 2 is 1.88 bits per heavy atom. The highest BCUT2D eigenvalue weighted by molar-refractivity contribution is 6.08. The van der Waals surface area contributed by atoms with Crippen LogP contribution in [0, 0.1) is 0 Å². The number of aromatic amines is 2. The lowest BCUT2D eigenvalue weighted by atomic mass is 10.1. The van der Waals surface area contributed by atoms with Gasteiger partial charge in [-0.2, -0.15) is 0 Å². The summed E-state index contributed by atoms with van der Waals surface area (Å²) >= 11 is 0. The van der Waals surface area contributed by atoms with Crippen LogP contribution in [0.4, 0.5) is 0 Å². The zero-order chi connectivity index (χ0) is 18.5. The van der Waals surface area contributed by atoms with Crippen molar-refractivity contribution < 1.29 is 14.3 Å². The van der Waals surface area contributed by atoms with Crippen LogP contribution < -0.4 is 15.2 Å². The van der Waals surface area contributed by atoms with Gasteiger partial charge in [-0.1, -0.05) is 19.1 Å². The van der Waals surface area contributed by atoms with Crippen LogP contribution in [-0.2, 0) is 0 Å². The van der Waals surface area contributed by atoms with Crippen LogP contribution in [0.1, 0.15) is 29.3 Å². The van der Waals surface area contributed by atoms with E-state index < -0.39 is 0 Å². The minimum atomic E-state index is -0.294. The number of allylic oxidation sites excluding steroid dienone is 1. The lowest BCUT2D eigenvalue weighted by molar-refractivity contribution is 0.104. The molecule has 6 nitrogen and oxygen atoms in total. The molecule has 1 aromatic heterocycles. The van der Waals surface area contributed by atoms with Crippen molar-refractivity contribution in [1.82, 2.24) is 9.97 Å². The first-order chi connectivity index (χ1) is 12.6. The van der Waals surface area contributed by atoms with Crippen molar-refractivity contribution in [2.45, 2.75) is 13.3 Å². The van der Waals surface area contributed by atoms with Crippen molar-refractivity contribution in [2.75, 3.05) is 13.7 Å². The molecule has 0 amide bonds. The fraction of sp³-hybridized carbons (Fsp3) is 0.200. The third-order valence-electron chi connectivity index (χ3n) is 3.88. The van der Waals surface area contributed by atoms with Gasteiger partial charge in [0.1, 0.15) is 0 Å². The normalized spacial score (nSPS) is 11.2. The number of methoxy groups -OCH3 is 1. The third-order valence-corrected chi connectivity index (χ3v) is 3.88. The number of hydrogen-bond acceptors (Lipinski definition) is 4. The summed E-state index contributed by atoms with van der Waals surface area (Å²) in [6.45, 7) is 2.63. The molecule has 3 rings (SSSR count). The molecule has 1 heterocycles. The van der Waals surface area contributed by atoms with Crippen LogP contribution in [0.3, 0.4) is 0 Å². The lowest BCUT2D eigenvalue weighted by Gasteiger charge is -2.10. The molecule has 0 bridgehead atoms. The van der Waals surface area contributed by atoms with Crippen LogP contribution >= 0.6 is 0 Å². The second-order valence-corrected chi connectivity index (χ2v) is 5.80. The standard InChI is InChI=1S/C20H20N2O4/c1-3-10-26-19-11-13(5-9-18(19)25-2)4-8-17(23)14-6-7-15-16(12-14)22-20(24)21-15/h4-9,11-12H,3,10H2,1-2H3,(H2,21,22,24). The molecule has 3 aromatic rings. The highest BCUT2D eigenvalue weighted by Crippen LogP contribution is 2.28. The summed E-state index contributed by atoms with van der Waals surface area (Å²) in [4.78, 5) is 29.0. The largest absolute Gasteiger partial charge is 0.493 e. The van der Waals surface area contributed by atoms with Gasteiger partial charge in [-0.25, -0.2) is 4.79 Å². The number of aromatic nitrogens is 2. The summed E-state index contributed by atoms with van der Waals surface area (Å²) in [5, 5.41) is 0. The number of fused-ring (bicyclic) bond motifs is 1. The van der Waals surface area contributed by atoms with Crippen molar-refractivity contribution in [1.29, 1.82) is 0 Å². The summed E-state index contributed by atoms with van der Waals surface area (Å²) in [6.07, 6.45) is 4.12. The summed E-state index contributed by atoms with van der Waals surface area (Å²) in [5.41, 5.74) is 2.32. The Labute approximate surface area is 150 Å². The van der Waals surface area contributed by atoms with E-state index in [1.54, 1.807) is 31.4 Å². The molecular weight excluding hydrogens is 332 g/mol. The Morgan fingerprint density at radius 3 is 2.65 bits per heavy atom. The molecule has 0 spiro atoms. The predicted molar refractivity (Wildman–Crippen MR) is 101 cm³/mol. The summed E-state index contributed by atoms with van der Waals surface area (Å²) in [6, 6.07) is 10.6. The highest BCUT2D eigenvalue weighted by Gasteiger charge is 2.07.